The number of benzene rings is 1. The molecule has 0 aliphatic rings. The molecule has 0 unspecified atom stereocenters. The van der Waals surface area contributed by atoms with Crippen LogP contribution in [0.3, 0.4) is 0 Å². The molecule has 3 aromatic rings. The summed E-state index contributed by atoms with van der Waals surface area (Å²) in [6.45, 7) is 4.22. The average Bonchev–Trinajstić information content (AvgIpc) is 2.76. The molecule has 8 heteroatoms. The molecule has 0 bridgehead atoms. The molecule has 0 aliphatic carbocycles. The first kappa shape index (κ1) is 23.4. The molecule has 0 aliphatic heterocycles. The number of nitrogens with one attached hydrogen (secondary N) is 1. The fourth-order valence-corrected chi connectivity index (χ4v) is 3.49. The Kier molecular flexibility index (Phi) is 8.31. The Morgan fingerprint density at radius 2 is 2.03 bits per heavy atom. The van der Waals surface area contributed by atoms with E-state index in [9.17, 15) is 5.26 Å². The summed E-state index contributed by atoms with van der Waals surface area (Å²) in [6, 6.07) is 10.3. The molecule has 1 atom stereocenters. The summed E-state index contributed by atoms with van der Waals surface area (Å²) < 4.78 is 11.0. The van der Waals surface area contributed by atoms with Gasteiger partial charge >= 0.3 is 0 Å². The molecule has 168 valence electrons. The van der Waals surface area contributed by atoms with Gasteiger partial charge in [0.25, 0.3) is 5.88 Å². The lowest BCUT2D eigenvalue weighted by atomic mass is 10.1. The Bertz CT molecular complexity index is 1080. The van der Waals surface area contributed by atoms with Crippen LogP contribution in [-0.2, 0) is 11.2 Å². The Hall–Kier alpha value is -3.28. The van der Waals surface area contributed by atoms with Crippen LogP contribution >= 0.6 is 0 Å². The Morgan fingerprint density at radius 3 is 2.78 bits per heavy atom. The predicted octanol–water partition coefficient (Wildman–Crippen LogP) is 3.26. The van der Waals surface area contributed by atoms with Crippen LogP contribution in [0.15, 0.2) is 36.7 Å². The van der Waals surface area contributed by atoms with Crippen molar-refractivity contribution < 1.29 is 9.47 Å². The van der Waals surface area contributed by atoms with Crippen molar-refractivity contribution >= 4 is 16.5 Å². The van der Waals surface area contributed by atoms with Crippen molar-refractivity contribution in [3.63, 3.8) is 0 Å². The number of hydrogen-bond donors (Lipinski definition) is 1. The van der Waals surface area contributed by atoms with E-state index in [0.717, 1.165) is 41.7 Å². The van der Waals surface area contributed by atoms with Crippen LogP contribution in [0, 0.1) is 11.3 Å². The summed E-state index contributed by atoms with van der Waals surface area (Å²) in [6.07, 6.45) is 4.82. The van der Waals surface area contributed by atoms with Gasteiger partial charge in [-0.25, -0.2) is 9.97 Å². The summed E-state index contributed by atoms with van der Waals surface area (Å²) in [7, 11) is 5.65. The highest BCUT2D eigenvalue weighted by Crippen LogP contribution is 2.24. The minimum Gasteiger partial charge on any atom is -0.471 e. The molecule has 0 radical (unpaired) electrons. The highest BCUT2D eigenvalue weighted by atomic mass is 16.5. The largest absolute Gasteiger partial charge is 0.471 e. The summed E-state index contributed by atoms with van der Waals surface area (Å²) in [4.78, 5) is 15.4. The summed E-state index contributed by atoms with van der Waals surface area (Å²) in [5.74, 6) is 0.266. The standard InChI is InChI=1S/C24H30N6O2/c1-17(16-30(2)3)32-24-23(13-25)28-14-20(29-24)12-19-11-18-7-5-8-22(21(18)15-27-19)26-9-6-10-31-4/h5,7-8,11,14-15,17,26H,6,9-10,12,16H2,1-4H3/t17-/m1/s1. The molecule has 0 spiro atoms. The van der Waals surface area contributed by atoms with Crippen molar-refractivity contribution in [2.75, 3.05) is 46.2 Å². The molecule has 32 heavy (non-hydrogen) atoms. The number of nitrogens with zero attached hydrogens (tertiary/aromatic N) is 5. The fourth-order valence-electron chi connectivity index (χ4n) is 3.49. The second kappa shape index (κ2) is 11.4. The molecule has 3 rings (SSSR count). The molecule has 0 amide bonds. The van der Waals surface area contributed by atoms with E-state index >= 15 is 0 Å². The normalized spacial score (nSPS) is 12.0. The third kappa shape index (κ3) is 6.36. The zero-order valence-corrected chi connectivity index (χ0v) is 19.1. The minimum absolute atomic E-state index is 0.116. The molecular weight excluding hydrogens is 404 g/mol. The molecule has 0 fully saturated rings. The number of fused-ring (bicyclic) bond motifs is 1. The molecule has 0 saturated heterocycles. The second-order valence-corrected chi connectivity index (χ2v) is 7.97. The van der Waals surface area contributed by atoms with Crippen molar-refractivity contribution in [1.29, 1.82) is 5.26 Å². The third-order valence-electron chi connectivity index (χ3n) is 4.86. The van der Waals surface area contributed by atoms with E-state index in [0.29, 0.717) is 18.7 Å². The van der Waals surface area contributed by atoms with Gasteiger partial charge in [-0.05, 0) is 45.0 Å². The van der Waals surface area contributed by atoms with E-state index in [-0.39, 0.29) is 17.7 Å². The molecule has 0 saturated carbocycles. The van der Waals surface area contributed by atoms with Crippen LogP contribution in [0.4, 0.5) is 5.69 Å². The topological polar surface area (TPSA) is 96.2 Å². The van der Waals surface area contributed by atoms with Crippen LogP contribution in [0.2, 0.25) is 0 Å². The molecule has 1 aromatic carbocycles. The number of pyridine rings is 1. The van der Waals surface area contributed by atoms with Crippen molar-refractivity contribution in [2.45, 2.75) is 25.9 Å². The predicted molar refractivity (Wildman–Crippen MR) is 125 cm³/mol. The summed E-state index contributed by atoms with van der Waals surface area (Å²) >= 11 is 0. The van der Waals surface area contributed by atoms with Gasteiger partial charge in [-0.15, -0.1) is 0 Å². The first-order valence-electron chi connectivity index (χ1n) is 10.7. The summed E-state index contributed by atoms with van der Waals surface area (Å²) in [5.41, 5.74) is 2.83. The number of aromatic nitrogens is 3. The van der Waals surface area contributed by atoms with Crippen molar-refractivity contribution in [1.82, 2.24) is 19.9 Å². The number of likely N-dealkylation sites (N-methyl/N-ethyl adjacent to an activating group) is 1. The quantitative estimate of drug-likeness (QED) is 0.460. The lowest BCUT2D eigenvalue weighted by Crippen LogP contribution is -2.28. The molecule has 1 N–H and O–H groups in total. The van der Waals surface area contributed by atoms with E-state index in [1.165, 1.54) is 0 Å². The number of ether oxygens (including phenoxy) is 2. The zero-order valence-electron chi connectivity index (χ0n) is 19.1. The lowest BCUT2D eigenvalue weighted by molar-refractivity contribution is 0.169. The van der Waals surface area contributed by atoms with E-state index in [1.54, 1.807) is 13.3 Å². The smallest absolute Gasteiger partial charge is 0.251 e. The molecule has 8 nitrogen and oxygen atoms in total. The number of methoxy groups -OCH3 is 1. The highest BCUT2D eigenvalue weighted by Gasteiger charge is 2.14. The molecule has 2 heterocycles. The Balaban J connectivity index is 1.77. The van der Waals surface area contributed by atoms with E-state index < -0.39 is 0 Å². The molecular formula is C24H30N6O2. The second-order valence-electron chi connectivity index (χ2n) is 7.97. The van der Waals surface area contributed by atoms with Gasteiger partial charge in [0.1, 0.15) is 12.2 Å². The van der Waals surface area contributed by atoms with E-state index in [2.05, 4.69) is 44.5 Å². The number of nitriles is 1. The van der Waals surface area contributed by atoms with Crippen molar-refractivity contribution in [3.05, 3.63) is 53.7 Å². The minimum atomic E-state index is -0.116. The van der Waals surface area contributed by atoms with Gasteiger partial charge in [0.2, 0.25) is 5.69 Å². The maximum Gasteiger partial charge on any atom is 0.251 e. The zero-order chi connectivity index (χ0) is 22.9. The fraction of sp³-hybridized carbons (Fsp3) is 0.417. The lowest BCUT2D eigenvalue weighted by Gasteiger charge is -2.18. The molecule has 2 aromatic heterocycles. The number of rotatable bonds is 11. The highest BCUT2D eigenvalue weighted by molar-refractivity contribution is 5.93. The van der Waals surface area contributed by atoms with Gasteiger partial charge in [-0.2, -0.15) is 5.26 Å². The van der Waals surface area contributed by atoms with Crippen LogP contribution < -0.4 is 10.1 Å². The first-order chi connectivity index (χ1) is 15.5. The van der Waals surface area contributed by atoms with Crippen LogP contribution in [-0.4, -0.2) is 66.9 Å². The Labute approximate surface area is 189 Å². The van der Waals surface area contributed by atoms with Crippen LogP contribution in [0.1, 0.15) is 30.4 Å². The monoisotopic (exact) mass is 434 g/mol. The third-order valence-corrected chi connectivity index (χ3v) is 4.86. The van der Waals surface area contributed by atoms with Gasteiger partial charge in [-0.1, -0.05) is 12.1 Å². The summed E-state index contributed by atoms with van der Waals surface area (Å²) in [5, 5.41) is 15.0. The van der Waals surface area contributed by atoms with Crippen molar-refractivity contribution in [2.24, 2.45) is 0 Å². The number of hydrogen-bond acceptors (Lipinski definition) is 8. The number of anilines is 1. The Morgan fingerprint density at radius 1 is 1.19 bits per heavy atom. The van der Waals surface area contributed by atoms with Crippen LogP contribution in [0.25, 0.3) is 10.8 Å². The first-order valence-corrected chi connectivity index (χ1v) is 10.7. The van der Waals surface area contributed by atoms with Crippen LogP contribution in [0.5, 0.6) is 5.88 Å². The maximum atomic E-state index is 9.36. The van der Waals surface area contributed by atoms with Gasteiger partial charge < -0.3 is 19.7 Å². The van der Waals surface area contributed by atoms with E-state index in [4.69, 9.17) is 9.47 Å². The van der Waals surface area contributed by atoms with Gasteiger partial charge in [-0.3, -0.25) is 4.98 Å². The van der Waals surface area contributed by atoms with Gasteiger partial charge in [0.05, 0.1) is 11.9 Å². The van der Waals surface area contributed by atoms with E-state index in [1.807, 2.05) is 38.2 Å². The van der Waals surface area contributed by atoms with Gasteiger partial charge in [0, 0.05) is 56.2 Å². The van der Waals surface area contributed by atoms with Gasteiger partial charge in [0.15, 0.2) is 0 Å². The SMILES string of the molecule is COCCCNc1cccc2cc(Cc3cnc(C#N)c(O[C@H](C)CN(C)C)n3)ncc12. The average molecular weight is 435 g/mol. The van der Waals surface area contributed by atoms with Crippen molar-refractivity contribution in [3.8, 4) is 11.9 Å². The maximum absolute atomic E-state index is 9.36.